The third kappa shape index (κ3) is 2.67. The summed E-state index contributed by atoms with van der Waals surface area (Å²) in [6.45, 7) is 0. The molecule has 0 unspecified atom stereocenters. The summed E-state index contributed by atoms with van der Waals surface area (Å²) in [5.74, 6) is 0.911. The standard InChI is InChI=1S/C19H18O7/c1-22-11-7-5-10(6-8-11)17-16(21)15(20)14-12(23-2)9-13(24-3)18(25-4)19(14)26-17/h5-9,21H,1-4H3. The minimum atomic E-state index is -0.630. The van der Waals surface area contributed by atoms with E-state index in [-0.39, 0.29) is 28.2 Å². The molecular formula is C19H18O7. The van der Waals surface area contributed by atoms with Gasteiger partial charge in [0.05, 0.1) is 28.4 Å². The van der Waals surface area contributed by atoms with E-state index < -0.39 is 11.2 Å². The van der Waals surface area contributed by atoms with Crippen molar-refractivity contribution < 1.29 is 28.5 Å². The topological polar surface area (TPSA) is 87.4 Å². The van der Waals surface area contributed by atoms with Crippen molar-refractivity contribution in [3.63, 3.8) is 0 Å². The number of hydrogen-bond donors (Lipinski definition) is 1. The van der Waals surface area contributed by atoms with Crippen molar-refractivity contribution >= 4 is 11.0 Å². The molecule has 0 aliphatic carbocycles. The molecule has 1 heterocycles. The number of fused-ring (bicyclic) bond motifs is 1. The average molecular weight is 358 g/mol. The Morgan fingerprint density at radius 2 is 1.54 bits per heavy atom. The van der Waals surface area contributed by atoms with Crippen LogP contribution in [0.1, 0.15) is 0 Å². The van der Waals surface area contributed by atoms with Crippen molar-refractivity contribution in [3.8, 4) is 40.1 Å². The zero-order valence-corrected chi connectivity index (χ0v) is 14.8. The lowest BCUT2D eigenvalue weighted by molar-refractivity contribution is 0.347. The largest absolute Gasteiger partial charge is 0.502 e. The average Bonchev–Trinajstić information content (AvgIpc) is 2.69. The summed E-state index contributed by atoms with van der Waals surface area (Å²) in [5, 5.41) is 10.5. The van der Waals surface area contributed by atoms with Crippen LogP contribution in [-0.4, -0.2) is 33.5 Å². The van der Waals surface area contributed by atoms with Gasteiger partial charge in [-0.15, -0.1) is 0 Å². The molecule has 3 aromatic rings. The summed E-state index contributed by atoms with van der Waals surface area (Å²) in [6, 6.07) is 8.24. The van der Waals surface area contributed by atoms with Gasteiger partial charge in [0, 0.05) is 11.6 Å². The van der Waals surface area contributed by atoms with Crippen molar-refractivity contribution in [2.45, 2.75) is 0 Å². The van der Waals surface area contributed by atoms with E-state index in [4.69, 9.17) is 23.4 Å². The number of aromatic hydroxyl groups is 1. The summed E-state index contributed by atoms with van der Waals surface area (Å²) >= 11 is 0. The lowest BCUT2D eigenvalue weighted by atomic mass is 10.1. The second-order valence-corrected chi connectivity index (χ2v) is 5.36. The van der Waals surface area contributed by atoms with Crippen molar-refractivity contribution in [3.05, 3.63) is 40.6 Å². The highest BCUT2D eigenvalue weighted by molar-refractivity contribution is 5.93. The molecule has 0 saturated heterocycles. The van der Waals surface area contributed by atoms with Gasteiger partial charge in [0.1, 0.15) is 16.9 Å². The Kier molecular flexibility index (Phi) is 4.62. The molecule has 0 fully saturated rings. The Bertz CT molecular complexity index is 1000. The smallest absolute Gasteiger partial charge is 0.238 e. The zero-order valence-electron chi connectivity index (χ0n) is 14.8. The highest BCUT2D eigenvalue weighted by Crippen LogP contribution is 2.43. The van der Waals surface area contributed by atoms with E-state index in [0.717, 1.165) is 0 Å². The van der Waals surface area contributed by atoms with E-state index in [1.54, 1.807) is 31.4 Å². The maximum absolute atomic E-state index is 12.8. The maximum Gasteiger partial charge on any atom is 0.238 e. The number of methoxy groups -OCH3 is 4. The lowest BCUT2D eigenvalue weighted by Crippen LogP contribution is -2.06. The monoisotopic (exact) mass is 358 g/mol. The Morgan fingerprint density at radius 1 is 0.885 bits per heavy atom. The number of benzene rings is 2. The van der Waals surface area contributed by atoms with Gasteiger partial charge in [-0.2, -0.15) is 0 Å². The first-order valence-electron chi connectivity index (χ1n) is 7.68. The number of rotatable bonds is 5. The van der Waals surface area contributed by atoms with Crippen LogP contribution in [-0.2, 0) is 0 Å². The molecule has 7 heteroatoms. The van der Waals surface area contributed by atoms with Crippen LogP contribution >= 0.6 is 0 Å². The molecule has 0 spiro atoms. The molecule has 0 atom stereocenters. The van der Waals surface area contributed by atoms with Crippen molar-refractivity contribution in [1.82, 2.24) is 0 Å². The Hall–Kier alpha value is -3.35. The third-order valence-corrected chi connectivity index (χ3v) is 4.02. The van der Waals surface area contributed by atoms with Gasteiger partial charge in [0.2, 0.25) is 16.9 Å². The quantitative estimate of drug-likeness (QED) is 0.749. The maximum atomic E-state index is 12.8. The molecule has 136 valence electrons. The summed E-state index contributed by atoms with van der Waals surface area (Å²) in [5.41, 5.74) is -0.00155. The zero-order chi connectivity index (χ0) is 18.8. The van der Waals surface area contributed by atoms with Crippen LogP contribution < -0.4 is 24.4 Å². The van der Waals surface area contributed by atoms with E-state index >= 15 is 0 Å². The predicted octanol–water partition coefficient (Wildman–Crippen LogP) is 3.20. The summed E-state index contributed by atoms with van der Waals surface area (Å²) in [4.78, 5) is 12.8. The van der Waals surface area contributed by atoms with Crippen molar-refractivity contribution in [1.29, 1.82) is 0 Å². The minimum Gasteiger partial charge on any atom is -0.502 e. The van der Waals surface area contributed by atoms with E-state index in [0.29, 0.717) is 17.1 Å². The van der Waals surface area contributed by atoms with Crippen LogP contribution in [0.15, 0.2) is 39.5 Å². The van der Waals surface area contributed by atoms with E-state index in [9.17, 15) is 9.90 Å². The number of ether oxygens (including phenoxy) is 4. The van der Waals surface area contributed by atoms with Crippen LogP contribution in [0.3, 0.4) is 0 Å². The lowest BCUT2D eigenvalue weighted by Gasteiger charge is -2.14. The predicted molar refractivity (Wildman–Crippen MR) is 95.8 cm³/mol. The second-order valence-electron chi connectivity index (χ2n) is 5.36. The molecule has 0 aliphatic rings. The first kappa shape index (κ1) is 17.5. The van der Waals surface area contributed by atoms with Crippen LogP contribution in [0.2, 0.25) is 0 Å². The van der Waals surface area contributed by atoms with Gasteiger partial charge >= 0.3 is 0 Å². The summed E-state index contributed by atoms with van der Waals surface area (Å²) in [6.07, 6.45) is 0. The molecule has 0 aliphatic heterocycles. The summed E-state index contributed by atoms with van der Waals surface area (Å²) < 4.78 is 26.9. The Morgan fingerprint density at radius 3 is 2.08 bits per heavy atom. The molecule has 0 saturated carbocycles. The van der Waals surface area contributed by atoms with Crippen molar-refractivity contribution in [2.75, 3.05) is 28.4 Å². The van der Waals surface area contributed by atoms with Gasteiger partial charge in [-0.25, -0.2) is 0 Å². The van der Waals surface area contributed by atoms with Crippen molar-refractivity contribution in [2.24, 2.45) is 0 Å². The molecule has 1 N–H and O–H groups in total. The summed E-state index contributed by atoms with van der Waals surface area (Å²) in [7, 11) is 5.86. The Labute approximate surface area is 149 Å². The van der Waals surface area contributed by atoms with Crippen LogP contribution in [0, 0.1) is 0 Å². The molecule has 7 nitrogen and oxygen atoms in total. The molecule has 0 radical (unpaired) electrons. The van der Waals surface area contributed by atoms with Gasteiger partial charge in [0.15, 0.2) is 17.1 Å². The minimum absolute atomic E-state index is 0.0127. The molecule has 1 aromatic heterocycles. The third-order valence-electron chi connectivity index (χ3n) is 4.02. The highest BCUT2D eigenvalue weighted by atomic mass is 16.5. The fourth-order valence-corrected chi connectivity index (χ4v) is 2.72. The van der Waals surface area contributed by atoms with Gasteiger partial charge in [-0.05, 0) is 24.3 Å². The van der Waals surface area contributed by atoms with Gasteiger partial charge in [-0.1, -0.05) is 0 Å². The Balaban J connectivity index is 2.39. The fraction of sp³-hybridized carbons (Fsp3) is 0.211. The molecule has 2 aromatic carbocycles. The van der Waals surface area contributed by atoms with Crippen LogP contribution in [0.5, 0.6) is 28.7 Å². The van der Waals surface area contributed by atoms with E-state index in [1.165, 1.54) is 27.4 Å². The highest BCUT2D eigenvalue weighted by Gasteiger charge is 2.24. The van der Waals surface area contributed by atoms with Gasteiger partial charge in [-0.3, -0.25) is 4.79 Å². The second kappa shape index (κ2) is 6.87. The molecular weight excluding hydrogens is 340 g/mol. The van der Waals surface area contributed by atoms with E-state index in [2.05, 4.69) is 0 Å². The fourth-order valence-electron chi connectivity index (χ4n) is 2.72. The molecule has 0 bridgehead atoms. The SMILES string of the molecule is COc1ccc(-c2oc3c(OC)c(OC)cc(OC)c3c(=O)c2O)cc1. The molecule has 0 amide bonds. The van der Waals surface area contributed by atoms with Crippen LogP contribution in [0.4, 0.5) is 0 Å². The first-order valence-corrected chi connectivity index (χ1v) is 7.68. The van der Waals surface area contributed by atoms with Gasteiger partial charge < -0.3 is 28.5 Å². The van der Waals surface area contributed by atoms with Crippen LogP contribution in [0.25, 0.3) is 22.3 Å². The molecule has 26 heavy (non-hydrogen) atoms. The molecule has 3 rings (SSSR count). The van der Waals surface area contributed by atoms with E-state index in [1.807, 2.05) is 0 Å². The normalized spacial score (nSPS) is 10.6. The van der Waals surface area contributed by atoms with Gasteiger partial charge in [0.25, 0.3) is 0 Å². The first-order chi connectivity index (χ1) is 12.5. The number of hydrogen-bond acceptors (Lipinski definition) is 7.